The van der Waals surface area contributed by atoms with E-state index in [1.54, 1.807) is 13.8 Å². The Kier molecular flexibility index (Phi) is 10.2. The number of ether oxygens (including phenoxy) is 2. The molecule has 0 spiro atoms. The fraction of sp³-hybridized carbons (Fsp3) is 0.250. The predicted molar refractivity (Wildman–Crippen MR) is 72.7 cm³/mol. The first-order valence-corrected chi connectivity index (χ1v) is 6.48. The minimum atomic E-state index is -1.00. The van der Waals surface area contributed by atoms with Crippen LogP contribution in [0, 0.1) is 35.4 Å². The first-order valence-electron chi connectivity index (χ1n) is 6.48. The number of benzene rings is 2. The molecule has 0 unspecified atom stereocenters. The van der Waals surface area contributed by atoms with E-state index in [1.807, 2.05) is 0 Å². The molecule has 0 heterocycles. The van der Waals surface area contributed by atoms with Gasteiger partial charge in [0.15, 0.2) is 0 Å². The van der Waals surface area contributed by atoms with Crippen molar-refractivity contribution in [1.29, 1.82) is 0 Å². The van der Waals surface area contributed by atoms with Crippen molar-refractivity contribution < 1.29 is 46.5 Å². The molecule has 0 radical (unpaired) electrons. The maximum Gasteiger partial charge on any atom is 2.00 e. The summed E-state index contributed by atoms with van der Waals surface area (Å²) in [5.41, 5.74) is 0. The molecule has 0 N–H and O–H groups in total. The van der Waals surface area contributed by atoms with Gasteiger partial charge in [-0.15, -0.1) is 24.3 Å². The molecule has 0 amide bonds. The molecule has 0 saturated carbocycles. The van der Waals surface area contributed by atoms with Crippen LogP contribution in [0.5, 0.6) is 11.5 Å². The monoisotopic (exact) mass is 378 g/mol. The van der Waals surface area contributed by atoms with Gasteiger partial charge < -0.3 is 9.47 Å². The van der Waals surface area contributed by atoms with E-state index in [4.69, 9.17) is 9.47 Å². The maximum absolute atomic E-state index is 12.7. The van der Waals surface area contributed by atoms with Crippen molar-refractivity contribution in [1.82, 2.24) is 0 Å². The molecule has 0 aliphatic rings. The second-order valence-corrected chi connectivity index (χ2v) is 3.81. The van der Waals surface area contributed by atoms with E-state index >= 15 is 0 Å². The molecule has 0 aliphatic heterocycles. The first kappa shape index (κ1) is 21.4. The average molecular weight is 380 g/mol. The van der Waals surface area contributed by atoms with Gasteiger partial charge in [-0.3, -0.25) is 8.78 Å². The number of rotatable bonds is 4. The van der Waals surface area contributed by atoms with E-state index in [0.717, 1.165) is 0 Å². The first-order chi connectivity index (χ1) is 10.5. The fourth-order valence-electron chi connectivity index (χ4n) is 1.40. The molecule has 0 atom stereocenters. The third kappa shape index (κ3) is 6.57. The second kappa shape index (κ2) is 11.0. The standard InChI is InChI=1S/2C8H7F2O.Zn/c2*1-2-11-7-5-3-4-6(9)8(7)10;/h2*3,5H,2H2,1H3;/q2*-1;+2. The summed E-state index contributed by atoms with van der Waals surface area (Å²) in [4.78, 5) is 0. The Morgan fingerprint density at radius 3 is 1.43 bits per heavy atom. The van der Waals surface area contributed by atoms with E-state index in [0.29, 0.717) is 13.2 Å². The van der Waals surface area contributed by atoms with Gasteiger partial charge in [-0.1, -0.05) is 0 Å². The largest absolute Gasteiger partial charge is 2.00 e. The molecule has 0 saturated heterocycles. The number of hydrogen-bond donors (Lipinski definition) is 0. The van der Waals surface area contributed by atoms with Gasteiger partial charge in [0, 0.05) is 23.1 Å². The van der Waals surface area contributed by atoms with Gasteiger partial charge in [0.1, 0.15) is 0 Å². The Morgan fingerprint density at radius 2 is 1.13 bits per heavy atom. The molecule has 23 heavy (non-hydrogen) atoms. The van der Waals surface area contributed by atoms with Crippen LogP contribution in [0.3, 0.4) is 0 Å². The molecule has 2 aromatic carbocycles. The van der Waals surface area contributed by atoms with E-state index in [1.165, 1.54) is 24.3 Å². The van der Waals surface area contributed by atoms with E-state index < -0.39 is 23.3 Å². The minimum absolute atomic E-state index is 0. The number of hydrogen-bond acceptors (Lipinski definition) is 2. The van der Waals surface area contributed by atoms with Crippen molar-refractivity contribution in [3.05, 3.63) is 59.7 Å². The molecular formula is C16H14F4O2Zn. The van der Waals surface area contributed by atoms with Gasteiger partial charge in [-0.2, -0.15) is 12.1 Å². The quantitative estimate of drug-likeness (QED) is 0.447. The Balaban J connectivity index is 0.000000403. The SMILES string of the molecule is CCOc1cc[c-]c(F)c1F.CCOc1cc[c-]c(F)c1F.[Zn+2]. The van der Waals surface area contributed by atoms with E-state index in [9.17, 15) is 17.6 Å². The molecule has 2 nitrogen and oxygen atoms in total. The zero-order valence-corrected chi connectivity index (χ0v) is 15.7. The van der Waals surface area contributed by atoms with Gasteiger partial charge in [0.05, 0.1) is 24.8 Å². The summed E-state index contributed by atoms with van der Waals surface area (Å²) in [6.45, 7) is 4.04. The van der Waals surface area contributed by atoms with Crippen molar-refractivity contribution in [2.24, 2.45) is 0 Å². The molecular weight excluding hydrogens is 366 g/mol. The number of halogens is 4. The molecule has 0 bridgehead atoms. The van der Waals surface area contributed by atoms with Crippen LogP contribution in [0.2, 0.25) is 0 Å². The van der Waals surface area contributed by atoms with Crippen molar-refractivity contribution in [2.75, 3.05) is 13.2 Å². The summed E-state index contributed by atoms with van der Waals surface area (Å²) in [6, 6.07) is 9.39. The zero-order valence-electron chi connectivity index (χ0n) is 12.8. The minimum Gasteiger partial charge on any atom is -0.516 e. The predicted octanol–water partition coefficient (Wildman–Crippen LogP) is 4.32. The summed E-state index contributed by atoms with van der Waals surface area (Å²) in [6.07, 6.45) is 0. The topological polar surface area (TPSA) is 18.5 Å². The van der Waals surface area contributed by atoms with Gasteiger partial charge >= 0.3 is 19.5 Å². The molecule has 2 rings (SSSR count). The molecule has 0 fully saturated rings. The Hall–Kier alpha value is -1.62. The van der Waals surface area contributed by atoms with Crippen LogP contribution < -0.4 is 9.47 Å². The summed E-state index contributed by atoms with van der Waals surface area (Å²) >= 11 is 0. The van der Waals surface area contributed by atoms with Crippen LogP contribution in [0.4, 0.5) is 17.6 Å². The van der Waals surface area contributed by atoms with Crippen molar-refractivity contribution in [2.45, 2.75) is 13.8 Å². The van der Waals surface area contributed by atoms with Crippen molar-refractivity contribution in [3.8, 4) is 11.5 Å². The third-order valence-electron chi connectivity index (χ3n) is 2.31. The van der Waals surface area contributed by atoms with Gasteiger partial charge in [0.25, 0.3) is 0 Å². The molecule has 7 heteroatoms. The maximum atomic E-state index is 12.7. The van der Waals surface area contributed by atoms with Gasteiger partial charge in [-0.05, 0) is 13.8 Å². The molecule has 2 aromatic rings. The summed E-state index contributed by atoms with van der Waals surface area (Å²) in [5.74, 6) is -4.09. The molecule has 0 aromatic heterocycles. The smallest absolute Gasteiger partial charge is 0.516 e. The molecule has 120 valence electrons. The van der Waals surface area contributed by atoms with Crippen LogP contribution in [-0.4, -0.2) is 13.2 Å². The summed E-state index contributed by atoms with van der Waals surface area (Å²) < 4.78 is 59.7. The van der Waals surface area contributed by atoms with Gasteiger partial charge in [-0.25, -0.2) is 8.78 Å². The van der Waals surface area contributed by atoms with Crippen LogP contribution in [0.1, 0.15) is 13.8 Å². The van der Waals surface area contributed by atoms with E-state index in [-0.39, 0.29) is 31.0 Å². The zero-order chi connectivity index (χ0) is 16.5. The average Bonchev–Trinajstić information content (AvgIpc) is 2.50. The normalized spacial score (nSPS) is 9.30. The van der Waals surface area contributed by atoms with Crippen LogP contribution >= 0.6 is 0 Å². The van der Waals surface area contributed by atoms with Crippen molar-refractivity contribution >= 4 is 0 Å². The molecule has 0 aliphatic carbocycles. The Morgan fingerprint density at radius 1 is 0.783 bits per heavy atom. The Bertz CT molecular complexity index is 555. The van der Waals surface area contributed by atoms with Crippen molar-refractivity contribution in [3.63, 3.8) is 0 Å². The van der Waals surface area contributed by atoms with Gasteiger partial charge in [0.2, 0.25) is 0 Å². The summed E-state index contributed by atoms with van der Waals surface area (Å²) in [7, 11) is 0. The summed E-state index contributed by atoms with van der Waals surface area (Å²) in [5, 5.41) is 0. The van der Waals surface area contributed by atoms with Crippen LogP contribution in [0.25, 0.3) is 0 Å². The van der Waals surface area contributed by atoms with Crippen LogP contribution in [0.15, 0.2) is 24.3 Å². The third-order valence-corrected chi connectivity index (χ3v) is 2.31. The fourth-order valence-corrected chi connectivity index (χ4v) is 1.40. The Labute approximate surface area is 145 Å². The second-order valence-electron chi connectivity index (χ2n) is 3.81. The van der Waals surface area contributed by atoms with Crippen LogP contribution in [-0.2, 0) is 19.5 Å². The van der Waals surface area contributed by atoms with E-state index in [2.05, 4.69) is 12.1 Å².